The summed E-state index contributed by atoms with van der Waals surface area (Å²) in [6, 6.07) is 13.5. The maximum atomic E-state index is 13.2. The Kier molecular flexibility index (Phi) is 6.83. The van der Waals surface area contributed by atoms with Crippen LogP contribution >= 0.6 is 11.8 Å². The van der Waals surface area contributed by atoms with Crippen LogP contribution in [0.15, 0.2) is 52.4 Å². The highest BCUT2D eigenvalue weighted by molar-refractivity contribution is 7.98. The summed E-state index contributed by atoms with van der Waals surface area (Å²) in [5.41, 5.74) is 3.49. The molecule has 0 aliphatic carbocycles. The van der Waals surface area contributed by atoms with Gasteiger partial charge in [0.25, 0.3) is 11.5 Å². The number of carbonyl (C=O) groups is 1. The maximum Gasteiger partial charge on any atom is 0.262 e. The summed E-state index contributed by atoms with van der Waals surface area (Å²) >= 11 is 1.57. The Balaban J connectivity index is 1.84. The number of carbonyl (C=O) groups excluding carboxylic acids is 1. The Labute approximate surface area is 197 Å². The third-order valence-corrected chi connectivity index (χ3v) is 6.55. The number of aromatic nitrogens is 4. The van der Waals surface area contributed by atoms with Crippen LogP contribution in [0.1, 0.15) is 48.7 Å². The number of hydrogen-bond donors (Lipinski definition) is 1. The molecule has 0 unspecified atom stereocenters. The van der Waals surface area contributed by atoms with E-state index in [0.29, 0.717) is 46.4 Å². The highest BCUT2D eigenvalue weighted by Crippen LogP contribution is 2.26. The van der Waals surface area contributed by atoms with Gasteiger partial charge in [0, 0.05) is 24.4 Å². The molecule has 2 aromatic heterocycles. The van der Waals surface area contributed by atoms with Crippen molar-refractivity contribution in [2.75, 3.05) is 6.54 Å². The van der Waals surface area contributed by atoms with E-state index in [1.807, 2.05) is 23.5 Å². The van der Waals surface area contributed by atoms with Crippen LogP contribution in [0.25, 0.3) is 16.7 Å². The van der Waals surface area contributed by atoms with Gasteiger partial charge in [0.15, 0.2) is 5.16 Å². The average molecular weight is 464 g/mol. The highest BCUT2D eigenvalue weighted by atomic mass is 32.2. The fourth-order valence-corrected chi connectivity index (χ4v) is 4.77. The number of amides is 1. The topological polar surface area (TPSA) is 81.3 Å². The third kappa shape index (κ3) is 4.66. The molecule has 0 spiro atoms. The zero-order valence-corrected chi connectivity index (χ0v) is 20.3. The lowest BCUT2D eigenvalue weighted by molar-refractivity contribution is 0.0949. The predicted octanol–water partition coefficient (Wildman–Crippen LogP) is 4.44. The van der Waals surface area contributed by atoms with E-state index in [4.69, 9.17) is 0 Å². The van der Waals surface area contributed by atoms with Crippen molar-refractivity contribution in [3.63, 3.8) is 0 Å². The van der Waals surface area contributed by atoms with Crippen molar-refractivity contribution >= 4 is 34.3 Å². The van der Waals surface area contributed by atoms with Gasteiger partial charge in [-0.25, -0.2) is 0 Å². The van der Waals surface area contributed by atoms with Crippen molar-refractivity contribution in [3.05, 3.63) is 69.5 Å². The number of nitrogens with zero attached hydrogens (tertiary/aromatic N) is 4. The van der Waals surface area contributed by atoms with Crippen molar-refractivity contribution < 1.29 is 4.79 Å². The third-order valence-electron chi connectivity index (χ3n) is 5.57. The molecule has 7 nitrogen and oxygen atoms in total. The molecule has 4 aromatic rings. The molecular formula is C25H29N5O2S. The van der Waals surface area contributed by atoms with Gasteiger partial charge in [-0.3, -0.25) is 18.6 Å². The molecule has 0 saturated carbocycles. The molecule has 0 saturated heterocycles. The molecular weight excluding hydrogens is 434 g/mol. The van der Waals surface area contributed by atoms with Crippen LogP contribution in [0.4, 0.5) is 0 Å². The smallest absolute Gasteiger partial charge is 0.262 e. The monoisotopic (exact) mass is 463 g/mol. The fourth-order valence-electron chi connectivity index (χ4n) is 3.75. The standard InChI is InChI=1S/C25H29N5O2S/c1-5-12-29-23(32)20-11-10-18(22(31)26-14-16(2)3)13-21(20)30-24(29)27-28-25(30)33-15-19-9-7-6-8-17(19)4/h6-11,13,16H,5,12,14-15H2,1-4H3,(H,26,31). The van der Waals surface area contributed by atoms with Gasteiger partial charge in [-0.2, -0.15) is 0 Å². The van der Waals surface area contributed by atoms with Gasteiger partial charge >= 0.3 is 0 Å². The van der Waals surface area contributed by atoms with Crippen LogP contribution in [-0.4, -0.2) is 31.6 Å². The molecule has 1 N–H and O–H groups in total. The molecule has 0 radical (unpaired) electrons. The first kappa shape index (κ1) is 23.0. The number of aryl methyl sites for hydroxylation is 2. The van der Waals surface area contributed by atoms with Crippen LogP contribution in [0, 0.1) is 12.8 Å². The van der Waals surface area contributed by atoms with Crippen LogP contribution in [-0.2, 0) is 12.3 Å². The summed E-state index contributed by atoms with van der Waals surface area (Å²) in [5.74, 6) is 1.43. The molecule has 0 aliphatic rings. The Bertz CT molecular complexity index is 1370. The second-order valence-corrected chi connectivity index (χ2v) is 9.57. The van der Waals surface area contributed by atoms with E-state index >= 15 is 0 Å². The lowest BCUT2D eigenvalue weighted by atomic mass is 10.1. The molecule has 2 heterocycles. The summed E-state index contributed by atoms with van der Waals surface area (Å²) in [5, 5.41) is 13.0. The Morgan fingerprint density at radius 3 is 2.67 bits per heavy atom. The zero-order chi connectivity index (χ0) is 23.5. The first-order valence-corrected chi connectivity index (χ1v) is 12.3. The van der Waals surface area contributed by atoms with Gasteiger partial charge in [-0.15, -0.1) is 10.2 Å². The summed E-state index contributed by atoms with van der Waals surface area (Å²) in [6.45, 7) is 9.36. The summed E-state index contributed by atoms with van der Waals surface area (Å²) < 4.78 is 3.58. The van der Waals surface area contributed by atoms with Crippen molar-refractivity contribution in [1.82, 2.24) is 24.5 Å². The van der Waals surface area contributed by atoms with E-state index in [0.717, 1.165) is 12.2 Å². The first-order valence-electron chi connectivity index (χ1n) is 11.3. The lowest BCUT2D eigenvalue weighted by Crippen LogP contribution is -2.28. The van der Waals surface area contributed by atoms with Crippen molar-refractivity contribution in [2.24, 2.45) is 5.92 Å². The molecule has 172 valence electrons. The molecule has 8 heteroatoms. The SMILES string of the molecule is CCCn1c(=O)c2ccc(C(=O)NCC(C)C)cc2n2c(SCc3ccccc3C)nnc12. The van der Waals surface area contributed by atoms with Gasteiger partial charge < -0.3 is 5.32 Å². The van der Waals surface area contributed by atoms with E-state index in [2.05, 4.69) is 48.4 Å². The van der Waals surface area contributed by atoms with Crippen LogP contribution in [0.5, 0.6) is 0 Å². The van der Waals surface area contributed by atoms with E-state index in [-0.39, 0.29) is 11.5 Å². The second-order valence-electron chi connectivity index (χ2n) is 8.63. The lowest BCUT2D eigenvalue weighted by Gasteiger charge is -2.12. The van der Waals surface area contributed by atoms with E-state index in [1.165, 1.54) is 11.1 Å². The van der Waals surface area contributed by atoms with Crippen LogP contribution < -0.4 is 10.9 Å². The normalized spacial score (nSPS) is 11.5. The van der Waals surface area contributed by atoms with Crippen molar-refractivity contribution in [2.45, 2.75) is 51.6 Å². The Hall–Kier alpha value is -3.13. The number of nitrogens with one attached hydrogen (secondary N) is 1. The van der Waals surface area contributed by atoms with Crippen LogP contribution in [0.2, 0.25) is 0 Å². The molecule has 0 bridgehead atoms. The molecule has 0 aliphatic heterocycles. The quantitative estimate of drug-likeness (QED) is 0.391. The average Bonchev–Trinajstić information content (AvgIpc) is 3.23. The summed E-state index contributed by atoms with van der Waals surface area (Å²) in [4.78, 5) is 26.0. The fraction of sp³-hybridized carbons (Fsp3) is 0.360. The van der Waals surface area contributed by atoms with Crippen molar-refractivity contribution in [3.8, 4) is 0 Å². The number of thioether (sulfide) groups is 1. The molecule has 33 heavy (non-hydrogen) atoms. The Morgan fingerprint density at radius 2 is 1.94 bits per heavy atom. The predicted molar refractivity (Wildman–Crippen MR) is 133 cm³/mol. The summed E-state index contributed by atoms with van der Waals surface area (Å²) in [7, 11) is 0. The highest BCUT2D eigenvalue weighted by Gasteiger charge is 2.18. The van der Waals surface area contributed by atoms with Gasteiger partial charge in [0.05, 0.1) is 10.9 Å². The van der Waals surface area contributed by atoms with Crippen LogP contribution in [0.3, 0.4) is 0 Å². The number of fused-ring (bicyclic) bond motifs is 3. The minimum Gasteiger partial charge on any atom is -0.352 e. The minimum absolute atomic E-state index is 0.114. The number of benzene rings is 2. The largest absolute Gasteiger partial charge is 0.352 e. The van der Waals surface area contributed by atoms with Gasteiger partial charge in [-0.1, -0.05) is 56.8 Å². The van der Waals surface area contributed by atoms with Gasteiger partial charge in [-0.05, 0) is 48.6 Å². The van der Waals surface area contributed by atoms with E-state index in [1.54, 1.807) is 34.5 Å². The maximum absolute atomic E-state index is 13.2. The molecule has 0 atom stereocenters. The van der Waals surface area contributed by atoms with E-state index in [9.17, 15) is 9.59 Å². The second kappa shape index (κ2) is 9.79. The van der Waals surface area contributed by atoms with Gasteiger partial charge in [0.2, 0.25) is 5.78 Å². The first-order chi connectivity index (χ1) is 15.9. The van der Waals surface area contributed by atoms with Gasteiger partial charge in [0.1, 0.15) is 0 Å². The molecule has 1 amide bonds. The number of rotatable bonds is 8. The van der Waals surface area contributed by atoms with E-state index < -0.39 is 0 Å². The number of hydrogen-bond acceptors (Lipinski definition) is 5. The molecule has 2 aromatic carbocycles. The summed E-state index contributed by atoms with van der Waals surface area (Å²) in [6.07, 6.45) is 0.801. The molecule has 0 fully saturated rings. The van der Waals surface area contributed by atoms with Crippen molar-refractivity contribution in [1.29, 1.82) is 0 Å². The zero-order valence-electron chi connectivity index (χ0n) is 19.5. The minimum atomic E-state index is -0.154. The molecule has 4 rings (SSSR count). The Morgan fingerprint density at radius 1 is 1.15 bits per heavy atom.